The molecule has 12 nitrogen and oxygen atoms in total. The molecule has 0 bridgehead atoms. The first-order valence-corrected chi connectivity index (χ1v) is 22.6. The average Bonchev–Trinajstić information content (AvgIpc) is 3.75. The van der Waals surface area contributed by atoms with E-state index in [1.807, 2.05) is 6.92 Å². The number of hydrogen-bond acceptors (Lipinski definition) is 12. The van der Waals surface area contributed by atoms with Crippen molar-refractivity contribution < 1.29 is 32.6 Å². The zero-order valence-electron chi connectivity index (χ0n) is 29.8. The van der Waals surface area contributed by atoms with Gasteiger partial charge < -0.3 is 29.0 Å². The lowest BCUT2D eigenvalue weighted by atomic mass is 10.0. The molecule has 2 unspecified atom stereocenters. The van der Waals surface area contributed by atoms with E-state index >= 15 is 0 Å². The van der Waals surface area contributed by atoms with E-state index in [2.05, 4.69) is 21.9 Å². The first-order chi connectivity index (χ1) is 23.8. The number of anilines is 1. The molecule has 0 aliphatic heterocycles. The van der Waals surface area contributed by atoms with E-state index in [4.69, 9.17) is 40.2 Å². The number of nitrogen functional groups attached to an aromatic ring is 1. The Hall–Kier alpha value is -1.70. The molecule has 280 valence electrons. The molecule has 0 radical (unpaired) electrons. The van der Waals surface area contributed by atoms with Gasteiger partial charge in [-0.3, -0.25) is 9.09 Å². The predicted molar refractivity (Wildman–Crippen MR) is 199 cm³/mol. The minimum atomic E-state index is -3.80. The van der Waals surface area contributed by atoms with Gasteiger partial charge in [-0.2, -0.15) is 0 Å². The smallest absolute Gasteiger partial charge is 0.431 e. The van der Waals surface area contributed by atoms with E-state index in [1.165, 1.54) is 89.8 Å². The lowest BCUT2D eigenvalue weighted by molar-refractivity contribution is -0.0222. The van der Waals surface area contributed by atoms with Crippen molar-refractivity contribution >= 4 is 51.4 Å². The van der Waals surface area contributed by atoms with Crippen LogP contribution in [-0.2, 0) is 55.0 Å². The van der Waals surface area contributed by atoms with E-state index in [0.717, 1.165) is 37.9 Å². The van der Waals surface area contributed by atoms with Crippen molar-refractivity contribution in [3.8, 4) is 0 Å². The number of aromatic nitrogens is 4. The van der Waals surface area contributed by atoms with Gasteiger partial charge in [0.25, 0.3) is 0 Å². The average molecular weight is 746 g/mol. The number of imidazole rings is 1. The van der Waals surface area contributed by atoms with Crippen molar-refractivity contribution in [3.05, 3.63) is 12.7 Å². The van der Waals surface area contributed by atoms with Crippen molar-refractivity contribution in [1.82, 2.24) is 19.5 Å². The van der Waals surface area contributed by atoms with Crippen LogP contribution in [0, 0.1) is 0 Å². The number of unbranched alkanes of at least 4 members (excludes halogenated alkanes) is 13. The van der Waals surface area contributed by atoms with E-state index in [9.17, 15) is 9.36 Å². The number of hydrogen-bond donors (Lipinski definition) is 1. The van der Waals surface area contributed by atoms with Gasteiger partial charge in [0.05, 0.1) is 25.6 Å². The second-order valence-electron chi connectivity index (χ2n) is 13.0. The molecule has 2 aromatic heterocycles. The van der Waals surface area contributed by atoms with E-state index in [-0.39, 0.29) is 28.5 Å². The lowest BCUT2D eigenvalue weighted by Gasteiger charge is -2.21. The molecule has 1 saturated carbocycles. The minimum Gasteiger partial charge on any atom is -0.431 e. The van der Waals surface area contributed by atoms with Crippen LogP contribution in [0.5, 0.6) is 0 Å². The molecule has 0 aromatic carbocycles. The highest BCUT2D eigenvalue weighted by Crippen LogP contribution is 2.48. The maximum absolute atomic E-state index is 13.7. The maximum atomic E-state index is 13.7. The minimum absolute atomic E-state index is 0.149. The van der Waals surface area contributed by atoms with Gasteiger partial charge in [0.1, 0.15) is 24.3 Å². The van der Waals surface area contributed by atoms with E-state index in [0.29, 0.717) is 29.3 Å². The molecule has 3 rings (SSSR count). The summed E-state index contributed by atoms with van der Waals surface area (Å²) in [4.78, 5) is 24.6. The summed E-state index contributed by atoms with van der Waals surface area (Å²) < 4.78 is 43.0. The standard InChI is InChI=1S/C34H60N5O7PS2/c1-3-4-5-6-7-8-9-10-11-12-13-14-15-18-22-49(48)23-21-44-47(41,45-27-42-34(40)46-30-19-16-17-20-30)28-43-29(2)24-39-26-38-31-32(35)36-25-37-33(31)39/h25-26,29-30H,3-24,27-28H2,1-2H3,(H2,35,36,37)/t29-,47?,49?/m1/s1. The molecule has 15 heteroatoms. The fourth-order valence-electron chi connectivity index (χ4n) is 5.85. The van der Waals surface area contributed by atoms with E-state index in [1.54, 1.807) is 10.9 Å². The van der Waals surface area contributed by atoms with Crippen LogP contribution in [0.2, 0.25) is 0 Å². The Morgan fingerprint density at radius 3 is 2.24 bits per heavy atom. The number of rotatable bonds is 28. The number of nitrogens with zero attached hydrogens (tertiary/aromatic N) is 4. The molecule has 2 N–H and O–H groups in total. The third-order valence-electron chi connectivity index (χ3n) is 8.72. The fourth-order valence-corrected chi connectivity index (χ4v) is 8.78. The number of ether oxygens (including phenoxy) is 3. The van der Waals surface area contributed by atoms with Crippen LogP contribution in [0.3, 0.4) is 0 Å². The van der Waals surface area contributed by atoms with E-state index < -0.39 is 26.6 Å². The molecule has 49 heavy (non-hydrogen) atoms. The van der Waals surface area contributed by atoms with Gasteiger partial charge in [0.2, 0.25) is 6.79 Å². The number of fused-ring (bicyclic) bond motifs is 1. The highest BCUT2D eigenvalue weighted by Gasteiger charge is 2.28. The van der Waals surface area contributed by atoms with Crippen molar-refractivity contribution in [2.45, 2.75) is 148 Å². The molecule has 2 aromatic rings. The second-order valence-corrected chi connectivity index (χ2v) is 18.1. The van der Waals surface area contributed by atoms with Crippen molar-refractivity contribution in [2.24, 2.45) is 0 Å². The summed E-state index contributed by atoms with van der Waals surface area (Å²) in [6, 6.07) is 0. The van der Waals surface area contributed by atoms with Crippen LogP contribution >= 0.6 is 7.60 Å². The highest BCUT2D eigenvalue weighted by atomic mass is 32.8. The van der Waals surface area contributed by atoms with Gasteiger partial charge in [0.15, 0.2) is 11.5 Å². The molecule has 0 saturated heterocycles. The molecular formula is C34H60N5O7PS2. The quantitative estimate of drug-likeness (QED) is 0.0384. The van der Waals surface area contributed by atoms with Crippen molar-refractivity contribution in [1.29, 1.82) is 0 Å². The summed E-state index contributed by atoms with van der Waals surface area (Å²) in [7, 11) is -4.08. The summed E-state index contributed by atoms with van der Waals surface area (Å²) in [6.07, 6.45) is 23.4. The van der Waals surface area contributed by atoms with Crippen molar-refractivity contribution in [2.75, 3.05) is 37.0 Å². The van der Waals surface area contributed by atoms with Crippen LogP contribution in [0.4, 0.5) is 10.6 Å². The molecule has 1 aliphatic carbocycles. The van der Waals surface area contributed by atoms with Crippen LogP contribution in [0.15, 0.2) is 12.7 Å². The number of nitrogens with two attached hydrogens (primary N) is 1. The Morgan fingerprint density at radius 1 is 0.959 bits per heavy atom. The van der Waals surface area contributed by atoms with Crippen molar-refractivity contribution in [3.63, 3.8) is 0 Å². The van der Waals surface area contributed by atoms with Gasteiger partial charge in [0, 0.05) is 5.75 Å². The predicted octanol–water partition coefficient (Wildman–Crippen LogP) is 8.61. The largest absolute Gasteiger partial charge is 0.510 e. The topological polar surface area (TPSA) is 150 Å². The Kier molecular flexibility index (Phi) is 20.8. The SMILES string of the molecule is CCCCCCCCCCCCCCCCS(=S)CCOP(=O)(CO[C@H](C)Cn1cnc2c(N)ncnc21)OCOC(=O)OC1CCCC1. The summed E-state index contributed by atoms with van der Waals surface area (Å²) in [5.74, 6) is 1.82. The van der Waals surface area contributed by atoms with Crippen LogP contribution < -0.4 is 5.73 Å². The highest BCUT2D eigenvalue weighted by molar-refractivity contribution is 8.28. The van der Waals surface area contributed by atoms with Gasteiger partial charge in [-0.05, 0) is 44.8 Å². The number of carbonyl (C=O) groups excluding carboxylic acids is 1. The fraction of sp³-hybridized carbons (Fsp3) is 0.824. The van der Waals surface area contributed by atoms with Gasteiger partial charge in [-0.15, -0.1) is 9.45 Å². The summed E-state index contributed by atoms with van der Waals surface area (Å²) in [5.41, 5.74) is 6.97. The third kappa shape index (κ3) is 17.4. The van der Waals surface area contributed by atoms with Gasteiger partial charge >= 0.3 is 13.8 Å². The van der Waals surface area contributed by atoms with Crippen LogP contribution in [0.25, 0.3) is 11.2 Å². The lowest BCUT2D eigenvalue weighted by Crippen LogP contribution is -2.20. The first-order valence-electron chi connectivity index (χ1n) is 18.4. The number of carbonyl (C=O) groups is 1. The summed E-state index contributed by atoms with van der Waals surface area (Å²) in [6.45, 7) is 4.05. The Bertz CT molecular complexity index is 1280. The molecule has 1 aliphatic rings. The summed E-state index contributed by atoms with van der Waals surface area (Å²) in [5, 5.41) is 0. The van der Waals surface area contributed by atoms with Gasteiger partial charge in [-0.1, -0.05) is 102 Å². The Morgan fingerprint density at radius 2 is 1.59 bits per heavy atom. The normalized spacial score (nSPS) is 16.1. The van der Waals surface area contributed by atoms with Crippen LogP contribution in [-0.4, -0.2) is 69.1 Å². The molecule has 0 spiro atoms. The Labute approximate surface area is 300 Å². The molecular weight excluding hydrogens is 686 g/mol. The molecule has 2 heterocycles. The second kappa shape index (κ2) is 24.5. The summed E-state index contributed by atoms with van der Waals surface area (Å²) >= 11 is 5.70. The zero-order valence-corrected chi connectivity index (χ0v) is 32.3. The molecule has 3 atom stereocenters. The third-order valence-corrected chi connectivity index (χ3v) is 12.6. The van der Waals surface area contributed by atoms with Crippen LogP contribution in [0.1, 0.15) is 129 Å². The van der Waals surface area contributed by atoms with Gasteiger partial charge in [-0.25, -0.2) is 19.7 Å². The Balaban J connectivity index is 1.33. The monoisotopic (exact) mass is 745 g/mol. The molecule has 1 fully saturated rings. The first kappa shape index (κ1) is 41.7. The molecule has 0 amide bonds. The maximum Gasteiger partial charge on any atom is 0.510 e. The zero-order chi connectivity index (χ0) is 35.2.